The number of ether oxygens (including phenoxy) is 2. The average molecular weight is 342 g/mol. The number of unbranched alkanes of at least 4 members (excludes halogenated alkanes) is 4. The Morgan fingerprint density at radius 3 is 2.16 bits per heavy atom. The molecule has 0 radical (unpaired) electrons. The molecule has 134 valence electrons. The fourth-order valence-electron chi connectivity index (χ4n) is 2.86. The second kappa shape index (κ2) is 9.82. The third kappa shape index (κ3) is 5.89. The van der Waals surface area contributed by atoms with Crippen molar-refractivity contribution in [3.8, 4) is 5.75 Å². The van der Waals surface area contributed by atoms with Gasteiger partial charge in [-0.1, -0.05) is 37.5 Å². The van der Waals surface area contributed by atoms with Gasteiger partial charge in [-0.05, 0) is 41.8 Å². The number of methoxy groups -OCH3 is 2. The number of hydrogen-bond acceptors (Lipinski definition) is 4. The summed E-state index contributed by atoms with van der Waals surface area (Å²) < 4.78 is 9.83. The highest BCUT2D eigenvalue weighted by molar-refractivity contribution is 6.00. The smallest absolute Gasteiger partial charge is 0.305 e. The maximum Gasteiger partial charge on any atom is 0.305 e. The molecule has 0 saturated carbocycles. The number of hydrogen-bond donors (Lipinski definition) is 0. The maximum atomic E-state index is 12.3. The molecule has 0 aliphatic carbocycles. The van der Waals surface area contributed by atoms with Crippen LogP contribution in [-0.4, -0.2) is 26.0 Å². The molecule has 0 aliphatic rings. The molecule has 0 heterocycles. The summed E-state index contributed by atoms with van der Waals surface area (Å²) in [6, 6.07) is 11.7. The maximum absolute atomic E-state index is 12.3. The number of esters is 1. The van der Waals surface area contributed by atoms with E-state index in [-0.39, 0.29) is 11.8 Å². The predicted molar refractivity (Wildman–Crippen MR) is 99.2 cm³/mol. The summed E-state index contributed by atoms with van der Waals surface area (Å²) in [4.78, 5) is 23.3. The molecule has 0 bridgehead atoms. The Kier molecular flexibility index (Phi) is 7.45. The summed E-state index contributed by atoms with van der Waals surface area (Å²) in [6.45, 7) is 0. The van der Waals surface area contributed by atoms with Gasteiger partial charge in [0, 0.05) is 18.4 Å². The summed E-state index contributed by atoms with van der Waals surface area (Å²) in [5, 5.41) is 2.12. The molecule has 2 rings (SSSR count). The lowest BCUT2D eigenvalue weighted by molar-refractivity contribution is -0.140. The first kappa shape index (κ1) is 19.0. The zero-order valence-corrected chi connectivity index (χ0v) is 15.0. The summed E-state index contributed by atoms with van der Waals surface area (Å²) in [5.41, 5.74) is 0.767. The van der Waals surface area contributed by atoms with Gasteiger partial charge in [0.1, 0.15) is 5.75 Å². The number of rotatable bonds is 10. The summed E-state index contributed by atoms with van der Waals surface area (Å²) in [6.07, 6.45) is 5.85. The van der Waals surface area contributed by atoms with Crippen molar-refractivity contribution in [1.29, 1.82) is 0 Å². The van der Waals surface area contributed by atoms with Crippen LogP contribution in [0.3, 0.4) is 0 Å². The van der Waals surface area contributed by atoms with Gasteiger partial charge in [0.05, 0.1) is 14.2 Å². The van der Waals surface area contributed by atoms with Gasteiger partial charge < -0.3 is 9.47 Å². The molecule has 2 aromatic carbocycles. The third-order valence-electron chi connectivity index (χ3n) is 4.38. The van der Waals surface area contributed by atoms with E-state index < -0.39 is 0 Å². The lowest BCUT2D eigenvalue weighted by Gasteiger charge is -2.06. The third-order valence-corrected chi connectivity index (χ3v) is 4.38. The van der Waals surface area contributed by atoms with Crippen molar-refractivity contribution in [1.82, 2.24) is 0 Å². The van der Waals surface area contributed by atoms with Gasteiger partial charge in [0.2, 0.25) is 0 Å². The molecule has 0 fully saturated rings. The van der Waals surface area contributed by atoms with E-state index in [1.165, 1.54) is 7.11 Å². The van der Waals surface area contributed by atoms with E-state index in [1.54, 1.807) is 7.11 Å². The van der Waals surface area contributed by atoms with Crippen LogP contribution >= 0.6 is 0 Å². The first-order valence-corrected chi connectivity index (χ1v) is 8.82. The fourth-order valence-corrected chi connectivity index (χ4v) is 2.86. The number of carbonyl (C=O) groups excluding carboxylic acids is 2. The zero-order chi connectivity index (χ0) is 18.1. The zero-order valence-electron chi connectivity index (χ0n) is 15.0. The summed E-state index contributed by atoms with van der Waals surface area (Å²) >= 11 is 0. The minimum absolute atomic E-state index is 0.149. The number of carbonyl (C=O) groups is 2. The molecule has 0 unspecified atom stereocenters. The van der Waals surface area contributed by atoms with Gasteiger partial charge in [0.15, 0.2) is 5.78 Å². The van der Waals surface area contributed by atoms with Crippen LogP contribution in [0.2, 0.25) is 0 Å². The minimum atomic E-state index is -0.149. The van der Waals surface area contributed by atoms with Gasteiger partial charge in [-0.3, -0.25) is 9.59 Å². The highest BCUT2D eigenvalue weighted by Gasteiger charge is 2.07. The van der Waals surface area contributed by atoms with Gasteiger partial charge in [-0.15, -0.1) is 0 Å². The molecule has 0 aromatic heterocycles. The Bertz CT molecular complexity index is 721. The van der Waals surface area contributed by atoms with Crippen molar-refractivity contribution < 1.29 is 19.1 Å². The number of Topliss-reactive ketones (excluding diaryl/α,β-unsaturated/α-hetero) is 1. The monoisotopic (exact) mass is 342 g/mol. The highest BCUT2D eigenvalue weighted by atomic mass is 16.5. The van der Waals surface area contributed by atoms with Crippen molar-refractivity contribution in [2.45, 2.75) is 44.9 Å². The van der Waals surface area contributed by atoms with Crippen molar-refractivity contribution in [3.63, 3.8) is 0 Å². The van der Waals surface area contributed by atoms with Crippen LogP contribution in [0.4, 0.5) is 0 Å². The van der Waals surface area contributed by atoms with Crippen molar-refractivity contribution in [2.75, 3.05) is 14.2 Å². The van der Waals surface area contributed by atoms with Gasteiger partial charge >= 0.3 is 5.97 Å². The van der Waals surface area contributed by atoms with E-state index in [4.69, 9.17) is 4.74 Å². The quantitative estimate of drug-likeness (QED) is 0.349. The number of benzene rings is 2. The van der Waals surface area contributed by atoms with Crippen LogP contribution in [-0.2, 0) is 9.53 Å². The lowest BCUT2D eigenvalue weighted by atomic mass is 10.0. The standard InChI is InChI=1S/C21H26O4/c1-24-19-13-12-16-14-18(11-10-17(16)15-19)20(22)8-6-4-3-5-7-9-21(23)25-2/h10-15H,3-9H2,1-2H3. The van der Waals surface area contributed by atoms with Crippen LogP contribution in [0.15, 0.2) is 36.4 Å². The Morgan fingerprint density at radius 2 is 1.44 bits per heavy atom. The second-order valence-corrected chi connectivity index (χ2v) is 6.19. The molecule has 0 aliphatic heterocycles. The Labute approximate surface area is 149 Å². The molecule has 0 N–H and O–H groups in total. The molecule has 0 atom stereocenters. The van der Waals surface area contributed by atoms with Crippen molar-refractivity contribution in [2.24, 2.45) is 0 Å². The fraction of sp³-hybridized carbons (Fsp3) is 0.429. The molecule has 25 heavy (non-hydrogen) atoms. The molecule has 0 amide bonds. The Morgan fingerprint density at radius 1 is 0.800 bits per heavy atom. The van der Waals surface area contributed by atoms with Gasteiger partial charge in [-0.25, -0.2) is 0 Å². The van der Waals surface area contributed by atoms with E-state index in [0.29, 0.717) is 12.8 Å². The largest absolute Gasteiger partial charge is 0.497 e. The first-order chi connectivity index (χ1) is 12.1. The molecule has 4 nitrogen and oxygen atoms in total. The normalized spacial score (nSPS) is 10.6. The summed E-state index contributed by atoms with van der Waals surface area (Å²) in [5.74, 6) is 0.857. The SMILES string of the molecule is COC(=O)CCCCCCCC(=O)c1ccc2cc(OC)ccc2c1. The number of ketones is 1. The molecule has 4 heteroatoms. The van der Waals surface area contributed by atoms with E-state index >= 15 is 0 Å². The van der Waals surface area contributed by atoms with Crippen molar-refractivity contribution in [3.05, 3.63) is 42.0 Å². The minimum Gasteiger partial charge on any atom is -0.497 e. The van der Waals surface area contributed by atoms with Crippen LogP contribution in [0.5, 0.6) is 5.75 Å². The molecule has 0 saturated heterocycles. The van der Waals surface area contributed by atoms with Crippen LogP contribution < -0.4 is 4.74 Å². The van der Waals surface area contributed by atoms with Gasteiger partial charge in [-0.2, -0.15) is 0 Å². The lowest BCUT2D eigenvalue weighted by Crippen LogP contribution is -2.00. The molecular weight excluding hydrogens is 316 g/mol. The van der Waals surface area contributed by atoms with E-state index in [1.807, 2.05) is 36.4 Å². The average Bonchev–Trinajstić information content (AvgIpc) is 2.65. The molecule has 2 aromatic rings. The summed E-state index contributed by atoms with van der Waals surface area (Å²) in [7, 11) is 3.06. The van der Waals surface area contributed by atoms with E-state index in [0.717, 1.165) is 54.2 Å². The Hall–Kier alpha value is -2.36. The second-order valence-electron chi connectivity index (χ2n) is 6.19. The molecule has 0 spiro atoms. The van der Waals surface area contributed by atoms with E-state index in [2.05, 4.69) is 4.74 Å². The van der Waals surface area contributed by atoms with Gasteiger partial charge in [0.25, 0.3) is 0 Å². The predicted octanol–water partition coefficient (Wildman–Crippen LogP) is 4.93. The topological polar surface area (TPSA) is 52.6 Å². The highest BCUT2D eigenvalue weighted by Crippen LogP contribution is 2.22. The van der Waals surface area contributed by atoms with Crippen molar-refractivity contribution >= 4 is 22.5 Å². The van der Waals surface area contributed by atoms with E-state index in [9.17, 15) is 9.59 Å². The Balaban J connectivity index is 1.75. The van der Waals surface area contributed by atoms with Crippen LogP contribution in [0.25, 0.3) is 10.8 Å². The first-order valence-electron chi connectivity index (χ1n) is 8.82. The van der Waals surface area contributed by atoms with Crippen LogP contribution in [0.1, 0.15) is 55.3 Å². The molecular formula is C21H26O4. The number of fused-ring (bicyclic) bond motifs is 1. The van der Waals surface area contributed by atoms with Crippen LogP contribution in [0, 0.1) is 0 Å².